The Hall–Kier alpha value is -1.05. The molecule has 0 amide bonds. The van der Waals surface area contributed by atoms with Crippen molar-refractivity contribution in [3.63, 3.8) is 0 Å². The van der Waals surface area contributed by atoms with Gasteiger partial charge in [-0.3, -0.25) is 0 Å². The Balaban J connectivity index is 4.05. The molecular weight excluding hydrogens is 124 g/mol. The van der Waals surface area contributed by atoms with Gasteiger partial charge in [0.15, 0.2) is 0 Å². The van der Waals surface area contributed by atoms with Crippen LogP contribution in [0.1, 0.15) is 20.8 Å². The monoisotopic (exact) mass is 138 g/mol. The minimum atomic E-state index is 1.06. The lowest BCUT2D eigenvalue weighted by atomic mass is 10.2. The zero-order chi connectivity index (χ0) is 7.98. The number of nitrogens with two attached hydrogens (primary N) is 1. The second-order valence-electron chi connectivity index (χ2n) is 2.43. The molecule has 0 heterocycles. The van der Waals surface area contributed by atoms with Crippen LogP contribution < -0.4 is 5.84 Å². The first-order chi connectivity index (χ1) is 4.66. The lowest BCUT2D eigenvalue weighted by Gasteiger charge is -1.86. The van der Waals surface area contributed by atoms with Crippen molar-refractivity contribution in [2.75, 3.05) is 0 Å². The van der Waals surface area contributed by atoms with Gasteiger partial charge in [0.2, 0.25) is 0 Å². The fourth-order valence-electron chi connectivity index (χ4n) is 0.459. The summed E-state index contributed by atoms with van der Waals surface area (Å²) in [5.74, 6) is 4.94. The minimum Gasteiger partial charge on any atom is -0.323 e. The molecule has 0 aromatic heterocycles. The summed E-state index contributed by atoms with van der Waals surface area (Å²) in [6.45, 7) is 6.04. The zero-order valence-electron chi connectivity index (χ0n) is 6.76. The maximum atomic E-state index is 4.94. The van der Waals surface area contributed by atoms with Gasteiger partial charge in [0.1, 0.15) is 0 Å². The highest BCUT2D eigenvalue weighted by Crippen LogP contribution is 1.93. The molecule has 0 saturated carbocycles. The predicted molar refractivity (Wildman–Crippen MR) is 45.9 cm³/mol. The predicted octanol–water partition coefficient (Wildman–Crippen LogP) is 1.84. The van der Waals surface area contributed by atoms with Gasteiger partial charge in [-0.1, -0.05) is 17.7 Å². The largest absolute Gasteiger partial charge is 0.323 e. The summed E-state index contributed by atoms with van der Waals surface area (Å²) in [6.07, 6.45) is 5.63. The molecule has 0 atom stereocenters. The molecular formula is C8H14N2. The normalized spacial score (nSPS) is 12.1. The summed E-state index contributed by atoms with van der Waals surface area (Å²) >= 11 is 0. The van der Waals surface area contributed by atoms with Crippen molar-refractivity contribution < 1.29 is 0 Å². The van der Waals surface area contributed by atoms with Gasteiger partial charge >= 0.3 is 0 Å². The van der Waals surface area contributed by atoms with E-state index in [1.165, 1.54) is 5.57 Å². The van der Waals surface area contributed by atoms with E-state index in [1.54, 1.807) is 6.21 Å². The summed E-state index contributed by atoms with van der Waals surface area (Å²) in [6, 6.07) is 0. The molecule has 2 heteroatoms. The highest BCUT2D eigenvalue weighted by molar-refractivity contribution is 5.77. The van der Waals surface area contributed by atoms with Gasteiger partial charge in [-0.05, 0) is 26.3 Å². The van der Waals surface area contributed by atoms with Crippen molar-refractivity contribution in [1.29, 1.82) is 0 Å². The zero-order valence-corrected chi connectivity index (χ0v) is 6.76. The van der Waals surface area contributed by atoms with E-state index < -0.39 is 0 Å². The molecule has 0 saturated heterocycles. The highest BCUT2D eigenvalue weighted by Gasteiger charge is 1.77. The molecule has 0 aliphatic rings. The van der Waals surface area contributed by atoms with Crippen LogP contribution in [0.15, 0.2) is 28.4 Å². The minimum absolute atomic E-state index is 1.06. The molecule has 0 bridgehead atoms. The number of hydrogen-bond acceptors (Lipinski definition) is 2. The van der Waals surface area contributed by atoms with E-state index in [1.807, 2.05) is 32.9 Å². The average molecular weight is 138 g/mol. The SMILES string of the molecule is CC(C)=C/C=C(C)\C=N/N. The van der Waals surface area contributed by atoms with E-state index in [-0.39, 0.29) is 0 Å². The number of hydrazone groups is 1. The van der Waals surface area contributed by atoms with Gasteiger partial charge in [-0.2, -0.15) is 5.10 Å². The van der Waals surface area contributed by atoms with Crippen LogP contribution in [0.25, 0.3) is 0 Å². The second kappa shape index (κ2) is 4.79. The molecule has 0 fully saturated rings. The van der Waals surface area contributed by atoms with E-state index >= 15 is 0 Å². The third-order valence-corrected chi connectivity index (χ3v) is 0.958. The molecule has 0 aromatic carbocycles. The van der Waals surface area contributed by atoms with Crippen LogP contribution in [-0.2, 0) is 0 Å². The van der Waals surface area contributed by atoms with E-state index in [4.69, 9.17) is 5.84 Å². The Kier molecular flexibility index (Phi) is 4.29. The Bertz CT molecular complexity index is 172. The Morgan fingerprint density at radius 1 is 1.20 bits per heavy atom. The van der Waals surface area contributed by atoms with Crippen molar-refractivity contribution in [2.24, 2.45) is 10.9 Å². The molecule has 0 unspecified atom stereocenters. The van der Waals surface area contributed by atoms with E-state index in [2.05, 4.69) is 5.10 Å². The van der Waals surface area contributed by atoms with Gasteiger partial charge in [0, 0.05) is 6.21 Å². The Morgan fingerprint density at radius 3 is 2.20 bits per heavy atom. The standard InChI is InChI=1S/C8H14N2/c1-7(2)4-5-8(3)6-10-9/h4-6H,9H2,1-3H3/b8-5-,10-6-. The fraction of sp³-hybridized carbons (Fsp3) is 0.375. The number of rotatable bonds is 2. The summed E-state index contributed by atoms with van der Waals surface area (Å²) in [4.78, 5) is 0. The Labute approximate surface area is 62.1 Å². The first-order valence-electron chi connectivity index (χ1n) is 3.22. The van der Waals surface area contributed by atoms with Crippen LogP contribution in [0.4, 0.5) is 0 Å². The van der Waals surface area contributed by atoms with Gasteiger partial charge < -0.3 is 5.84 Å². The Morgan fingerprint density at radius 2 is 1.80 bits per heavy atom. The van der Waals surface area contributed by atoms with Crippen LogP contribution in [0.2, 0.25) is 0 Å². The average Bonchev–Trinajstić information content (AvgIpc) is 1.85. The summed E-state index contributed by atoms with van der Waals surface area (Å²) in [5.41, 5.74) is 2.33. The van der Waals surface area contributed by atoms with E-state index in [9.17, 15) is 0 Å². The van der Waals surface area contributed by atoms with Gasteiger partial charge in [0.05, 0.1) is 0 Å². The maximum absolute atomic E-state index is 4.94. The molecule has 10 heavy (non-hydrogen) atoms. The topological polar surface area (TPSA) is 38.4 Å². The number of allylic oxidation sites excluding steroid dienone is 4. The molecule has 0 aliphatic heterocycles. The maximum Gasteiger partial charge on any atom is 0.0494 e. The second-order valence-corrected chi connectivity index (χ2v) is 2.43. The van der Waals surface area contributed by atoms with E-state index in [0.29, 0.717) is 0 Å². The number of hydrogen-bond donors (Lipinski definition) is 1. The quantitative estimate of drug-likeness (QED) is 0.269. The van der Waals surface area contributed by atoms with Gasteiger partial charge in [0.25, 0.3) is 0 Å². The fourth-order valence-corrected chi connectivity index (χ4v) is 0.459. The summed E-state index contributed by atoms with van der Waals surface area (Å²) in [7, 11) is 0. The molecule has 0 radical (unpaired) electrons. The molecule has 0 spiro atoms. The third kappa shape index (κ3) is 5.09. The third-order valence-electron chi connectivity index (χ3n) is 0.958. The van der Waals surface area contributed by atoms with Gasteiger partial charge in [-0.15, -0.1) is 0 Å². The molecule has 0 rings (SSSR count). The van der Waals surface area contributed by atoms with Crippen molar-refractivity contribution in [1.82, 2.24) is 0 Å². The van der Waals surface area contributed by atoms with Crippen molar-refractivity contribution in [2.45, 2.75) is 20.8 Å². The van der Waals surface area contributed by atoms with Crippen LogP contribution in [0.3, 0.4) is 0 Å². The number of nitrogens with zero attached hydrogens (tertiary/aromatic N) is 1. The summed E-state index contributed by atoms with van der Waals surface area (Å²) < 4.78 is 0. The molecule has 0 aliphatic carbocycles. The van der Waals surface area contributed by atoms with Gasteiger partial charge in [-0.25, -0.2) is 0 Å². The first-order valence-corrected chi connectivity index (χ1v) is 3.22. The lowest BCUT2D eigenvalue weighted by Crippen LogP contribution is -1.83. The molecule has 2 N–H and O–H groups in total. The van der Waals surface area contributed by atoms with Crippen LogP contribution in [0.5, 0.6) is 0 Å². The van der Waals surface area contributed by atoms with E-state index in [0.717, 1.165) is 5.57 Å². The lowest BCUT2D eigenvalue weighted by molar-refractivity contribution is 1.26. The smallest absolute Gasteiger partial charge is 0.0494 e. The van der Waals surface area contributed by atoms with Crippen molar-refractivity contribution in [3.8, 4) is 0 Å². The molecule has 0 aromatic rings. The summed E-state index contributed by atoms with van der Waals surface area (Å²) in [5, 5.41) is 3.39. The van der Waals surface area contributed by atoms with Crippen molar-refractivity contribution >= 4 is 6.21 Å². The highest BCUT2D eigenvalue weighted by atomic mass is 15.1. The van der Waals surface area contributed by atoms with Crippen LogP contribution in [0, 0.1) is 0 Å². The van der Waals surface area contributed by atoms with Crippen LogP contribution >= 0.6 is 0 Å². The molecule has 56 valence electrons. The van der Waals surface area contributed by atoms with Crippen LogP contribution in [-0.4, -0.2) is 6.21 Å². The van der Waals surface area contributed by atoms with Crippen molar-refractivity contribution in [3.05, 3.63) is 23.3 Å². The first kappa shape index (κ1) is 8.95. The molecule has 2 nitrogen and oxygen atoms in total.